The van der Waals surface area contributed by atoms with E-state index >= 15 is 0 Å². The number of carbonyl (C=O) groups is 1. The summed E-state index contributed by atoms with van der Waals surface area (Å²) in [5.74, 6) is 1.46. The molecule has 3 aliphatic rings. The smallest absolute Gasteiger partial charge is 0.358 e. The van der Waals surface area contributed by atoms with Crippen LogP contribution in [0, 0.1) is 11.8 Å². The molecule has 3 fully saturated rings. The Labute approximate surface area is 135 Å². The second-order valence-electron chi connectivity index (χ2n) is 6.68. The second kappa shape index (κ2) is 5.69. The standard InChI is InChI=1S/C16H20ClN3O2/c17-12-9-18-16(20-5-1-2-6-20)19-14(12)15(21)22-13-8-10-3-4-11(13)7-10/h9-11,13H,1-8H2/t10-,11-,13+/m0/s1. The van der Waals surface area contributed by atoms with Crippen molar-refractivity contribution in [1.82, 2.24) is 9.97 Å². The molecular formula is C16H20ClN3O2. The van der Waals surface area contributed by atoms with E-state index in [1.807, 2.05) is 0 Å². The van der Waals surface area contributed by atoms with Crippen LogP contribution in [0.5, 0.6) is 0 Å². The van der Waals surface area contributed by atoms with Crippen LogP contribution in [0.3, 0.4) is 0 Å². The first-order valence-corrected chi connectivity index (χ1v) is 8.57. The van der Waals surface area contributed by atoms with Crippen LogP contribution in [0.15, 0.2) is 6.20 Å². The molecule has 1 aromatic rings. The van der Waals surface area contributed by atoms with Crippen molar-refractivity contribution in [2.45, 2.75) is 44.6 Å². The minimum atomic E-state index is -0.398. The molecule has 2 heterocycles. The highest BCUT2D eigenvalue weighted by molar-refractivity contribution is 6.33. The Balaban J connectivity index is 1.50. The first kappa shape index (κ1) is 14.2. The molecule has 3 atom stereocenters. The van der Waals surface area contributed by atoms with Crippen LogP contribution >= 0.6 is 11.6 Å². The van der Waals surface area contributed by atoms with Crippen molar-refractivity contribution in [2.75, 3.05) is 18.0 Å². The largest absolute Gasteiger partial charge is 0.457 e. The van der Waals surface area contributed by atoms with Crippen LogP contribution in [-0.4, -0.2) is 35.1 Å². The molecular weight excluding hydrogens is 302 g/mol. The number of anilines is 1. The molecule has 2 aliphatic carbocycles. The highest BCUT2D eigenvalue weighted by atomic mass is 35.5. The van der Waals surface area contributed by atoms with Gasteiger partial charge in [-0.05, 0) is 50.4 Å². The molecule has 0 amide bonds. The minimum absolute atomic E-state index is 0.0486. The molecule has 6 heteroatoms. The molecule has 0 unspecified atom stereocenters. The third-order valence-electron chi connectivity index (χ3n) is 5.25. The molecule has 0 spiro atoms. The molecule has 1 aliphatic heterocycles. The van der Waals surface area contributed by atoms with Gasteiger partial charge in [0.15, 0.2) is 5.69 Å². The lowest BCUT2D eigenvalue weighted by molar-refractivity contribution is 0.0152. The maximum absolute atomic E-state index is 12.4. The highest BCUT2D eigenvalue weighted by Crippen LogP contribution is 2.46. The summed E-state index contributed by atoms with van der Waals surface area (Å²) in [5.41, 5.74) is 0.210. The summed E-state index contributed by atoms with van der Waals surface area (Å²) in [6, 6.07) is 0. The van der Waals surface area contributed by atoms with E-state index < -0.39 is 5.97 Å². The fraction of sp³-hybridized carbons (Fsp3) is 0.688. The van der Waals surface area contributed by atoms with Gasteiger partial charge in [-0.2, -0.15) is 0 Å². The number of ether oxygens (including phenoxy) is 1. The zero-order valence-corrected chi connectivity index (χ0v) is 13.3. The number of aromatic nitrogens is 2. The first-order chi connectivity index (χ1) is 10.7. The van der Waals surface area contributed by atoms with E-state index in [9.17, 15) is 4.79 Å². The molecule has 2 bridgehead atoms. The number of carbonyl (C=O) groups excluding carboxylic acids is 1. The maximum atomic E-state index is 12.4. The molecule has 0 N–H and O–H groups in total. The molecule has 5 nitrogen and oxygen atoms in total. The van der Waals surface area contributed by atoms with Crippen LogP contribution < -0.4 is 4.90 Å². The summed E-state index contributed by atoms with van der Waals surface area (Å²) in [7, 11) is 0. The Morgan fingerprint density at radius 3 is 2.77 bits per heavy atom. The summed E-state index contributed by atoms with van der Waals surface area (Å²) in [4.78, 5) is 23.2. The SMILES string of the molecule is O=C(O[C@@H]1C[C@H]2CC[C@H]1C2)c1nc(N2CCCC2)ncc1Cl. The van der Waals surface area contributed by atoms with Gasteiger partial charge in [0.2, 0.25) is 5.95 Å². The van der Waals surface area contributed by atoms with Gasteiger partial charge in [-0.3, -0.25) is 0 Å². The molecule has 2 saturated carbocycles. The van der Waals surface area contributed by atoms with Crippen molar-refractivity contribution in [1.29, 1.82) is 0 Å². The van der Waals surface area contributed by atoms with Crippen LogP contribution in [0.25, 0.3) is 0 Å². The average Bonchev–Trinajstić information content (AvgIpc) is 3.25. The number of halogens is 1. The summed E-state index contributed by atoms with van der Waals surface area (Å²) in [6.07, 6.45) is 8.50. The van der Waals surface area contributed by atoms with Crippen molar-refractivity contribution < 1.29 is 9.53 Å². The van der Waals surface area contributed by atoms with Crippen molar-refractivity contribution in [3.63, 3.8) is 0 Å². The van der Waals surface area contributed by atoms with Gasteiger partial charge in [-0.1, -0.05) is 11.6 Å². The average molecular weight is 322 g/mol. The van der Waals surface area contributed by atoms with E-state index in [2.05, 4.69) is 14.9 Å². The van der Waals surface area contributed by atoms with Crippen LogP contribution in [0.1, 0.15) is 49.0 Å². The summed E-state index contributed by atoms with van der Waals surface area (Å²) in [6.45, 7) is 1.87. The van der Waals surface area contributed by atoms with E-state index in [1.165, 1.54) is 25.5 Å². The van der Waals surface area contributed by atoms with Crippen molar-refractivity contribution >= 4 is 23.5 Å². The Morgan fingerprint density at radius 2 is 2.09 bits per heavy atom. The molecule has 4 rings (SSSR count). The van der Waals surface area contributed by atoms with Crippen molar-refractivity contribution in [3.05, 3.63) is 16.9 Å². The normalized spacial score (nSPS) is 30.0. The van der Waals surface area contributed by atoms with Crippen LogP contribution in [0.2, 0.25) is 5.02 Å². The minimum Gasteiger partial charge on any atom is -0.457 e. The van der Waals surface area contributed by atoms with Crippen LogP contribution in [-0.2, 0) is 4.74 Å². The molecule has 118 valence electrons. The van der Waals surface area contributed by atoms with Gasteiger partial charge in [0, 0.05) is 13.1 Å². The first-order valence-electron chi connectivity index (χ1n) is 8.19. The number of hydrogen-bond donors (Lipinski definition) is 0. The number of esters is 1. The van der Waals surface area contributed by atoms with Gasteiger partial charge in [-0.25, -0.2) is 14.8 Å². The summed E-state index contributed by atoms with van der Waals surface area (Å²) >= 11 is 6.12. The third-order valence-corrected chi connectivity index (χ3v) is 5.52. The predicted octanol–water partition coefficient (Wildman–Crippen LogP) is 3.08. The van der Waals surface area contributed by atoms with Crippen LogP contribution in [0.4, 0.5) is 5.95 Å². The zero-order valence-electron chi connectivity index (χ0n) is 12.5. The van der Waals surface area contributed by atoms with E-state index in [0.717, 1.165) is 38.3 Å². The number of hydrogen-bond acceptors (Lipinski definition) is 5. The highest BCUT2D eigenvalue weighted by Gasteiger charge is 2.42. The number of fused-ring (bicyclic) bond motifs is 2. The lowest BCUT2D eigenvalue weighted by atomic mass is 9.98. The molecule has 0 aromatic carbocycles. The monoisotopic (exact) mass is 321 g/mol. The summed E-state index contributed by atoms with van der Waals surface area (Å²) < 4.78 is 5.70. The Hall–Kier alpha value is -1.36. The maximum Gasteiger partial charge on any atom is 0.358 e. The van der Waals surface area contributed by atoms with E-state index in [0.29, 0.717) is 11.9 Å². The Kier molecular flexibility index (Phi) is 3.68. The molecule has 1 saturated heterocycles. The quantitative estimate of drug-likeness (QED) is 0.801. The van der Waals surface area contributed by atoms with E-state index in [-0.39, 0.29) is 16.8 Å². The molecule has 22 heavy (non-hydrogen) atoms. The fourth-order valence-electron chi connectivity index (χ4n) is 4.09. The number of rotatable bonds is 3. The lowest BCUT2D eigenvalue weighted by Crippen LogP contribution is -2.26. The summed E-state index contributed by atoms with van der Waals surface area (Å²) in [5, 5.41) is 0.274. The second-order valence-corrected chi connectivity index (χ2v) is 7.09. The van der Waals surface area contributed by atoms with E-state index in [4.69, 9.17) is 16.3 Å². The van der Waals surface area contributed by atoms with Gasteiger partial charge >= 0.3 is 5.97 Å². The topological polar surface area (TPSA) is 55.3 Å². The lowest BCUT2D eigenvalue weighted by Gasteiger charge is -2.22. The van der Waals surface area contributed by atoms with Crippen molar-refractivity contribution in [3.8, 4) is 0 Å². The Bertz CT molecular complexity index is 589. The third kappa shape index (κ3) is 2.56. The van der Waals surface area contributed by atoms with Gasteiger partial charge < -0.3 is 9.64 Å². The molecule has 0 radical (unpaired) electrons. The number of nitrogens with zero attached hydrogens (tertiary/aromatic N) is 3. The van der Waals surface area contributed by atoms with Crippen molar-refractivity contribution in [2.24, 2.45) is 11.8 Å². The zero-order chi connectivity index (χ0) is 15.1. The Morgan fingerprint density at radius 1 is 1.27 bits per heavy atom. The van der Waals surface area contributed by atoms with Gasteiger partial charge in [-0.15, -0.1) is 0 Å². The van der Waals surface area contributed by atoms with Gasteiger partial charge in [0.1, 0.15) is 6.10 Å². The van der Waals surface area contributed by atoms with Gasteiger partial charge in [0.25, 0.3) is 0 Å². The predicted molar refractivity (Wildman–Crippen MR) is 83.1 cm³/mol. The molecule has 1 aromatic heterocycles. The van der Waals surface area contributed by atoms with E-state index in [1.54, 1.807) is 0 Å². The van der Waals surface area contributed by atoms with Gasteiger partial charge in [0.05, 0.1) is 11.2 Å². The fourth-order valence-corrected chi connectivity index (χ4v) is 4.26.